The van der Waals surface area contributed by atoms with Gasteiger partial charge in [0.1, 0.15) is 0 Å². The van der Waals surface area contributed by atoms with Gasteiger partial charge in [-0.3, -0.25) is 5.43 Å². The highest BCUT2D eigenvalue weighted by atomic mass is 32.1. The Kier molecular flexibility index (Phi) is 3.72. The van der Waals surface area contributed by atoms with Gasteiger partial charge in [0.25, 0.3) is 0 Å². The summed E-state index contributed by atoms with van der Waals surface area (Å²) in [5.41, 5.74) is 9.01. The zero-order valence-electron chi connectivity index (χ0n) is 7.53. The van der Waals surface area contributed by atoms with Crippen LogP contribution in [0.25, 0.3) is 0 Å². The second kappa shape index (κ2) is 4.84. The highest BCUT2D eigenvalue weighted by Gasteiger charge is 2.02. The predicted molar refractivity (Wildman–Crippen MR) is 56.4 cm³/mol. The van der Waals surface area contributed by atoms with Crippen molar-refractivity contribution < 1.29 is 0 Å². The van der Waals surface area contributed by atoms with Crippen molar-refractivity contribution in [2.75, 3.05) is 0 Å². The van der Waals surface area contributed by atoms with Crippen LogP contribution in [-0.4, -0.2) is 12.0 Å². The normalized spacial score (nSPS) is 14.2. The molecule has 72 valence electrons. The maximum absolute atomic E-state index is 5.42. The number of hydrogen-bond acceptors (Lipinski definition) is 3. The standard InChI is InChI=1S/C8H14N4S/c1-6(11-8(9)12-10)4-7-2-3-13-5-7/h2-3,5-6H,4,10H2,1H3,(H3,9,11,12). The summed E-state index contributed by atoms with van der Waals surface area (Å²) >= 11 is 1.69. The van der Waals surface area contributed by atoms with E-state index in [0.717, 1.165) is 6.42 Å². The molecule has 0 amide bonds. The van der Waals surface area contributed by atoms with Crippen molar-refractivity contribution in [1.82, 2.24) is 5.43 Å². The summed E-state index contributed by atoms with van der Waals surface area (Å²) in [5.74, 6) is 5.37. The van der Waals surface area contributed by atoms with Crippen LogP contribution in [0.15, 0.2) is 21.8 Å². The van der Waals surface area contributed by atoms with E-state index in [0.29, 0.717) is 0 Å². The number of rotatable bonds is 3. The number of nitrogens with one attached hydrogen (secondary N) is 1. The Bertz CT molecular complexity index is 268. The van der Waals surface area contributed by atoms with Crippen molar-refractivity contribution in [2.24, 2.45) is 16.6 Å². The molecule has 0 bridgehead atoms. The van der Waals surface area contributed by atoms with E-state index >= 15 is 0 Å². The van der Waals surface area contributed by atoms with E-state index in [4.69, 9.17) is 11.6 Å². The van der Waals surface area contributed by atoms with Crippen LogP contribution in [0.2, 0.25) is 0 Å². The monoisotopic (exact) mass is 198 g/mol. The van der Waals surface area contributed by atoms with Crippen LogP contribution in [0.5, 0.6) is 0 Å². The van der Waals surface area contributed by atoms with Crippen molar-refractivity contribution in [2.45, 2.75) is 19.4 Å². The van der Waals surface area contributed by atoms with E-state index in [1.165, 1.54) is 5.56 Å². The Labute approximate surface area is 81.6 Å². The van der Waals surface area contributed by atoms with E-state index < -0.39 is 0 Å². The summed E-state index contributed by atoms with van der Waals surface area (Å²) in [4.78, 5) is 4.13. The van der Waals surface area contributed by atoms with Gasteiger partial charge in [0.15, 0.2) is 0 Å². The van der Waals surface area contributed by atoms with Crippen LogP contribution >= 0.6 is 11.3 Å². The van der Waals surface area contributed by atoms with Gasteiger partial charge in [0, 0.05) is 0 Å². The van der Waals surface area contributed by atoms with Crippen LogP contribution in [-0.2, 0) is 6.42 Å². The summed E-state index contributed by atoms with van der Waals surface area (Å²) in [6.45, 7) is 2.00. The van der Waals surface area contributed by atoms with Gasteiger partial charge in [-0.2, -0.15) is 11.3 Å². The highest BCUT2D eigenvalue weighted by molar-refractivity contribution is 7.07. The summed E-state index contributed by atoms with van der Waals surface area (Å²) in [7, 11) is 0. The molecular formula is C8H14N4S. The lowest BCUT2D eigenvalue weighted by Gasteiger charge is -2.05. The topological polar surface area (TPSA) is 76.4 Å². The molecule has 0 fully saturated rings. The molecule has 0 aliphatic carbocycles. The van der Waals surface area contributed by atoms with Crippen molar-refractivity contribution in [3.63, 3.8) is 0 Å². The Morgan fingerprint density at radius 1 is 1.77 bits per heavy atom. The minimum Gasteiger partial charge on any atom is -0.369 e. The molecule has 1 aromatic heterocycles. The van der Waals surface area contributed by atoms with E-state index in [-0.39, 0.29) is 12.0 Å². The molecule has 5 heteroatoms. The van der Waals surface area contributed by atoms with Gasteiger partial charge in [-0.05, 0) is 35.7 Å². The number of hydrazine groups is 1. The van der Waals surface area contributed by atoms with E-state index in [1.807, 2.05) is 6.92 Å². The van der Waals surface area contributed by atoms with Crippen LogP contribution in [0, 0.1) is 0 Å². The SMILES string of the molecule is CC(Cc1ccsc1)N=C(N)NN. The van der Waals surface area contributed by atoms with Crippen LogP contribution < -0.4 is 17.0 Å². The largest absolute Gasteiger partial charge is 0.369 e. The fourth-order valence-electron chi connectivity index (χ4n) is 1.07. The average molecular weight is 198 g/mol. The zero-order valence-corrected chi connectivity index (χ0v) is 8.34. The Morgan fingerprint density at radius 2 is 2.54 bits per heavy atom. The average Bonchev–Trinajstić information content (AvgIpc) is 2.56. The lowest BCUT2D eigenvalue weighted by molar-refractivity contribution is 0.732. The summed E-state index contributed by atoms with van der Waals surface area (Å²) < 4.78 is 0. The molecule has 0 spiro atoms. The molecule has 1 unspecified atom stereocenters. The lowest BCUT2D eigenvalue weighted by atomic mass is 10.1. The molecule has 0 aromatic carbocycles. The fraction of sp³-hybridized carbons (Fsp3) is 0.375. The molecule has 1 rings (SSSR count). The van der Waals surface area contributed by atoms with Crippen molar-refractivity contribution in [1.29, 1.82) is 0 Å². The number of guanidine groups is 1. The molecule has 0 aliphatic heterocycles. The summed E-state index contributed by atoms with van der Waals surface area (Å²) in [5, 5.41) is 4.16. The Morgan fingerprint density at radius 3 is 3.08 bits per heavy atom. The van der Waals surface area contributed by atoms with Crippen molar-refractivity contribution >= 4 is 17.3 Å². The highest BCUT2D eigenvalue weighted by Crippen LogP contribution is 2.09. The molecule has 0 saturated heterocycles. The zero-order chi connectivity index (χ0) is 9.68. The molecule has 1 atom stereocenters. The second-order valence-electron chi connectivity index (χ2n) is 2.84. The fourth-order valence-corrected chi connectivity index (χ4v) is 1.75. The molecule has 0 aliphatic rings. The number of hydrogen-bond donors (Lipinski definition) is 3. The second-order valence-corrected chi connectivity index (χ2v) is 3.62. The maximum Gasteiger partial charge on any atom is 0.203 e. The first-order chi connectivity index (χ1) is 6.22. The first kappa shape index (κ1) is 10.0. The predicted octanol–water partition coefficient (Wildman–Crippen LogP) is 0.457. The van der Waals surface area contributed by atoms with Gasteiger partial charge < -0.3 is 5.73 Å². The number of aliphatic imine (C=N–C) groups is 1. The van der Waals surface area contributed by atoms with E-state index in [2.05, 4.69) is 27.2 Å². The summed E-state index contributed by atoms with van der Waals surface area (Å²) in [6, 6.07) is 2.24. The number of nitrogens with two attached hydrogens (primary N) is 2. The molecule has 4 nitrogen and oxygen atoms in total. The third-order valence-corrected chi connectivity index (χ3v) is 2.35. The first-order valence-corrected chi connectivity index (χ1v) is 4.97. The van der Waals surface area contributed by atoms with E-state index in [9.17, 15) is 0 Å². The quantitative estimate of drug-likeness (QED) is 0.286. The smallest absolute Gasteiger partial charge is 0.203 e. The van der Waals surface area contributed by atoms with Gasteiger partial charge in [-0.1, -0.05) is 0 Å². The molecule has 5 N–H and O–H groups in total. The van der Waals surface area contributed by atoms with Crippen LogP contribution in [0.4, 0.5) is 0 Å². The molecule has 1 aromatic rings. The van der Waals surface area contributed by atoms with Gasteiger partial charge in [0.2, 0.25) is 5.96 Å². The molecule has 0 radical (unpaired) electrons. The summed E-state index contributed by atoms with van der Waals surface area (Å²) in [6.07, 6.45) is 0.895. The number of nitrogens with zero attached hydrogens (tertiary/aromatic N) is 1. The third-order valence-electron chi connectivity index (χ3n) is 1.62. The van der Waals surface area contributed by atoms with Crippen LogP contribution in [0.3, 0.4) is 0 Å². The first-order valence-electron chi connectivity index (χ1n) is 4.03. The molecular weight excluding hydrogens is 184 g/mol. The molecule has 1 heterocycles. The number of thiophene rings is 1. The van der Waals surface area contributed by atoms with Gasteiger partial charge in [-0.25, -0.2) is 10.8 Å². The minimum atomic E-state index is 0.158. The van der Waals surface area contributed by atoms with Crippen LogP contribution in [0.1, 0.15) is 12.5 Å². The van der Waals surface area contributed by atoms with Crippen molar-refractivity contribution in [3.05, 3.63) is 22.4 Å². The van der Waals surface area contributed by atoms with Gasteiger partial charge >= 0.3 is 0 Å². The van der Waals surface area contributed by atoms with E-state index in [1.54, 1.807) is 11.3 Å². The lowest BCUT2D eigenvalue weighted by Crippen LogP contribution is -2.38. The maximum atomic E-state index is 5.42. The third kappa shape index (κ3) is 3.43. The van der Waals surface area contributed by atoms with Gasteiger partial charge in [0.05, 0.1) is 6.04 Å². The minimum absolute atomic E-state index is 0.158. The van der Waals surface area contributed by atoms with Gasteiger partial charge in [-0.15, -0.1) is 0 Å². The van der Waals surface area contributed by atoms with Crippen molar-refractivity contribution in [3.8, 4) is 0 Å². The molecule has 0 saturated carbocycles. The Hall–Kier alpha value is -1.07. The Balaban J connectivity index is 2.46. The molecule has 13 heavy (non-hydrogen) atoms.